The summed E-state index contributed by atoms with van der Waals surface area (Å²) < 4.78 is 17.2. The topological polar surface area (TPSA) is 104 Å². The molecule has 0 aliphatic carbocycles. The van der Waals surface area contributed by atoms with E-state index in [1.807, 2.05) is 6.07 Å². The number of hydrogen-bond acceptors (Lipinski definition) is 8. The van der Waals surface area contributed by atoms with Crippen molar-refractivity contribution in [1.82, 2.24) is 15.0 Å². The minimum atomic E-state index is -0.347. The van der Waals surface area contributed by atoms with E-state index in [1.165, 1.54) is 10.8 Å². The van der Waals surface area contributed by atoms with Crippen LogP contribution in [0.5, 0.6) is 17.2 Å². The van der Waals surface area contributed by atoms with E-state index in [1.54, 1.807) is 82.0 Å². The molecule has 0 saturated carbocycles. The molecule has 4 aromatic rings. The van der Waals surface area contributed by atoms with Crippen LogP contribution in [0.15, 0.2) is 81.8 Å². The third-order valence-electron chi connectivity index (χ3n) is 5.22. The van der Waals surface area contributed by atoms with Gasteiger partial charge in [0.15, 0.2) is 16.7 Å². The Hall–Kier alpha value is -4.31. The zero-order chi connectivity index (χ0) is 25.5. The fourth-order valence-corrected chi connectivity index (χ4v) is 4.25. The number of hydrazone groups is 1. The Balaban J connectivity index is 1.52. The first-order chi connectivity index (χ1) is 17.5. The van der Waals surface area contributed by atoms with Crippen molar-refractivity contribution in [2.45, 2.75) is 5.16 Å². The molecule has 1 N–H and O–H groups in total. The molecule has 0 fully saturated rings. The van der Waals surface area contributed by atoms with E-state index < -0.39 is 0 Å². The zero-order valence-corrected chi connectivity index (χ0v) is 20.7. The summed E-state index contributed by atoms with van der Waals surface area (Å²) in [6.45, 7) is 0. The van der Waals surface area contributed by atoms with Gasteiger partial charge in [0.05, 0.1) is 49.9 Å². The van der Waals surface area contributed by atoms with Crippen LogP contribution in [0, 0.1) is 0 Å². The fourth-order valence-electron chi connectivity index (χ4n) is 3.44. The number of rotatable bonds is 9. The summed E-state index contributed by atoms with van der Waals surface area (Å²) >= 11 is 1.14. The second-order valence-electron chi connectivity index (χ2n) is 7.45. The predicted octanol–water partition coefficient (Wildman–Crippen LogP) is 3.65. The first-order valence-corrected chi connectivity index (χ1v) is 11.9. The van der Waals surface area contributed by atoms with Gasteiger partial charge in [-0.05, 0) is 60.2 Å². The van der Waals surface area contributed by atoms with Crippen molar-refractivity contribution >= 4 is 34.8 Å². The van der Waals surface area contributed by atoms with Gasteiger partial charge in [0.1, 0.15) is 5.75 Å². The molecule has 3 aromatic carbocycles. The molecule has 9 nitrogen and oxygen atoms in total. The van der Waals surface area contributed by atoms with Gasteiger partial charge < -0.3 is 14.2 Å². The molecule has 36 heavy (non-hydrogen) atoms. The molecular weight excluding hydrogens is 480 g/mol. The highest BCUT2D eigenvalue weighted by Gasteiger charge is 2.15. The number of para-hydroxylation sites is 1. The molecule has 0 atom stereocenters. The number of methoxy groups -OCH3 is 3. The van der Waals surface area contributed by atoms with E-state index in [2.05, 4.69) is 15.5 Å². The number of carbonyl (C=O) groups is 1. The van der Waals surface area contributed by atoms with E-state index in [-0.39, 0.29) is 17.2 Å². The number of fused-ring (bicyclic) bond motifs is 1. The standard InChI is InChI=1S/C26H24N4O5S/c1-33-19-11-9-18(10-12-19)30-25(32)20-6-4-5-7-21(20)28-26(30)36-16-24(31)29-27-15-17-8-13-22(34-2)23(14-17)35-3/h4-15H,16H2,1-3H3,(H,29,31)/b27-15+. The molecule has 0 spiro atoms. The van der Waals surface area contributed by atoms with Crippen molar-refractivity contribution in [3.8, 4) is 22.9 Å². The van der Waals surface area contributed by atoms with Gasteiger partial charge in [0.25, 0.3) is 11.5 Å². The highest BCUT2D eigenvalue weighted by Crippen LogP contribution is 2.27. The third-order valence-corrected chi connectivity index (χ3v) is 6.16. The highest BCUT2D eigenvalue weighted by molar-refractivity contribution is 7.99. The minimum Gasteiger partial charge on any atom is -0.497 e. The number of benzene rings is 3. The Morgan fingerprint density at radius 2 is 1.75 bits per heavy atom. The van der Waals surface area contributed by atoms with E-state index >= 15 is 0 Å². The average Bonchev–Trinajstić information content (AvgIpc) is 2.92. The van der Waals surface area contributed by atoms with Crippen LogP contribution in [-0.2, 0) is 4.79 Å². The van der Waals surface area contributed by atoms with E-state index in [0.29, 0.717) is 39.0 Å². The number of nitrogens with zero attached hydrogens (tertiary/aromatic N) is 3. The van der Waals surface area contributed by atoms with Crippen LogP contribution < -0.4 is 25.2 Å². The number of amides is 1. The Bertz CT molecular complexity index is 1470. The van der Waals surface area contributed by atoms with Crippen molar-refractivity contribution in [3.05, 3.63) is 82.6 Å². The van der Waals surface area contributed by atoms with Gasteiger partial charge in [0.2, 0.25) is 0 Å². The average molecular weight is 505 g/mol. The van der Waals surface area contributed by atoms with Crippen molar-refractivity contribution in [2.75, 3.05) is 27.1 Å². The predicted molar refractivity (Wildman–Crippen MR) is 140 cm³/mol. The van der Waals surface area contributed by atoms with Crippen molar-refractivity contribution in [1.29, 1.82) is 0 Å². The molecule has 0 aliphatic heterocycles. The summed E-state index contributed by atoms with van der Waals surface area (Å²) in [6, 6.07) is 19.5. The lowest BCUT2D eigenvalue weighted by atomic mass is 10.2. The Morgan fingerprint density at radius 3 is 2.47 bits per heavy atom. The van der Waals surface area contributed by atoms with Gasteiger partial charge >= 0.3 is 0 Å². The lowest BCUT2D eigenvalue weighted by Crippen LogP contribution is -2.24. The Labute approximate surface area is 211 Å². The molecule has 0 radical (unpaired) electrons. The van der Waals surface area contributed by atoms with Gasteiger partial charge in [-0.1, -0.05) is 23.9 Å². The van der Waals surface area contributed by atoms with Crippen LogP contribution in [0.25, 0.3) is 16.6 Å². The summed E-state index contributed by atoms with van der Waals surface area (Å²) in [5, 5.41) is 4.89. The molecule has 10 heteroatoms. The molecule has 0 aliphatic rings. The zero-order valence-electron chi connectivity index (χ0n) is 19.9. The number of thioether (sulfide) groups is 1. The van der Waals surface area contributed by atoms with Gasteiger partial charge in [-0.2, -0.15) is 5.10 Å². The number of aromatic nitrogens is 2. The minimum absolute atomic E-state index is 0.00418. The van der Waals surface area contributed by atoms with E-state index in [4.69, 9.17) is 14.2 Å². The van der Waals surface area contributed by atoms with Gasteiger partial charge in [-0.3, -0.25) is 14.2 Å². The molecule has 0 unspecified atom stereocenters. The number of hydrogen-bond donors (Lipinski definition) is 1. The SMILES string of the molecule is COc1ccc(-n2c(SCC(=O)N/N=C/c3ccc(OC)c(OC)c3)nc3ccccc3c2=O)cc1. The maximum Gasteiger partial charge on any atom is 0.266 e. The second-order valence-corrected chi connectivity index (χ2v) is 8.39. The Morgan fingerprint density at radius 1 is 1.00 bits per heavy atom. The van der Waals surface area contributed by atoms with Gasteiger partial charge in [0, 0.05) is 0 Å². The fraction of sp³-hybridized carbons (Fsp3) is 0.154. The van der Waals surface area contributed by atoms with Crippen molar-refractivity contribution < 1.29 is 19.0 Å². The van der Waals surface area contributed by atoms with Crippen LogP contribution in [0.1, 0.15) is 5.56 Å². The molecule has 1 aromatic heterocycles. The normalized spacial score (nSPS) is 11.0. The van der Waals surface area contributed by atoms with Crippen LogP contribution in [0.3, 0.4) is 0 Å². The number of carbonyl (C=O) groups excluding carboxylic acids is 1. The summed E-state index contributed by atoms with van der Waals surface area (Å²) in [7, 11) is 4.68. The van der Waals surface area contributed by atoms with Gasteiger partial charge in [-0.15, -0.1) is 0 Å². The maximum absolute atomic E-state index is 13.3. The van der Waals surface area contributed by atoms with Crippen LogP contribution in [-0.4, -0.2) is 48.8 Å². The van der Waals surface area contributed by atoms with E-state index in [0.717, 1.165) is 17.3 Å². The molecule has 0 bridgehead atoms. The molecule has 4 rings (SSSR count). The molecular formula is C26H24N4O5S. The summed E-state index contributed by atoms with van der Waals surface area (Å²) in [5.41, 5.74) is 4.18. The summed E-state index contributed by atoms with van der Waals surface area (Å²) in [4.78, 5) is 30.4. The largest absolute Gasteiger partial charge is 0.497 e. The first kappa shape index (κ1) is 24.8. The van der Waals surface area contributed by atoms with Crippen molar-refractivity contribution in [2.24, 2.45) is 5.10 Å². The van der Waals surface area contributed by atoms with Gasteiger partial charge in [-0.25, -0.2) is 10.4 Å². The van der Waals surface area contributed by atoms with Crippen LogP contribution in [0.4, 0.5) is 0 Å². The Kier molecular flexibility index (Phi) is 7.86. The smallest absolute Gasteiger partial charge is 0.266 e. The summed E-state index contributed by atoms with van der Waals surface area (Å²) in [6.07, 6.45) is 1.51. The first-order valence-electron chi connectivity index (χ1n) is 10.9. The number of ether oxygens (including phenoxy) is 3. The van der Waals surface area contributed by atoms with Crippen LogP contribution in [0.2, 0.25) is 0 Å². The monoisotopic (exact) mass is 504 g/mol. The van der Waals surface area contributed by atoms with Crippen LogP contribution >= 0.6 is 11.8 Å². The highest BCUT2D eigenvalue weighted by atomic mass is 32.2. The summed E-state index contributed by atoms with van der Waals surface area (Å²) in [5.74, 6) is 1.48. The van der Waals surface area contributed by atoms with Crippen molar-refractivity contribution in [3.63, 3.8) is 0 Å². The lowest BCUT2D eigenvalue weighted by Gasteiger charge is -2.13. The lowest BCUT2D eigenvalue weighted by molar-refractivity contribution is -0.118. The maximum atomic E-state index is 13.3. The molecule has 184 valence electrons. The molecule has 0 saturated heterocycles. The molecule has 1 amide bonds. The quantitative estimate of drug-likeness (QED) is 0.161. The van der Waals surface area contributed by atoms with E-state index in [9.17, 15) is 9.59 Å². The molecule has 1 heterocycles. The third kappa shape index (κ3) is 5.49. The second kappa shape index (κ2) is 11.4. The number of nitrogens with one attached hydrogen (secondary N) is 1.